The van der Waals surface area contributed by atoms with Crippen molar-refractivity contribution in [2.45, 2.75) is 12.1 Å². The Bertz CT molecular complexity index is 1000. The maximum Gasteiger partial charge on any atom is 0.236 e. The lowest BCUT2D eigenvalue weighted by molar-refractivity contribution is 0.317. The zero-order valence-electron chi connectivity index (χ0n) is 15.5. The molecule has 0 aliphatic carbocycles. The molecule has 0 unspecified atom stereocenters. The smallest absolute Gasteiger partial charge is 0.236 e. The molecular weight excluding hydrogens is 386 g/mol. The first kappa shape index (κ1) is 17.9. The minimum Gasteiger partial charge on any atom is -0.474 e. The minimum atomic E-state index is -0.0436. The van der Waals surface area contributed by atoms with Crippen LogP contribution in [0.5, 0.6) is 0 Å². The second-order valence-corrected chi connectivity index (χ2v) is 7.34. The van der Waals surface area contributed by atoms with Crippen LogP contribution >= 0.6 is 11.6 Å². The van der Waals surface area contributed by atoms with Gasteiger partial charge in [-0.2, -0.15) is 0 Å². The van der Waals surface area contributed by atoms with E-state index in [1.165, 1.54) is 0 Å². The highest BCUT2D eigenvalue weighted by molar-refractivity contribution is 6.31. The highest BCUT2D eigenvalue weighted by Crippen LogP contribution is 2.28. The summed E-state index contributed by atoms with van der Waals surface area (Å²) in [6.45, 7) is 0.965. The van der Waals surface area contributed by atoms with Gasteiger partial charge in [-0.05, 0) is 23.3 Å². The average molecular weight is 404 g/mol. The minimum absolute atomic E-state index is 0.0436. The molecule has 6 heteroatoms. The lowest BCUT2D eigenvalue weighted by Crippen LogP contribution is -2.10. The molecule has 0 radical (unpaired) electrons. The van der Waals surface area contributed by atoms with E-state index in [1.54, 1.807) is 12.1 Å². The second kappa shape index (κ2) is 7.68. The number of rotatable bonds is 4. The summed E-state index contributed by atoms with van der Waals surface area (Å²) in [4.78, 5) is 14.0. The van der Waals surface area contributed by atoms with Crippen LogP contribution in [0.15, 0.2) is 82.8 Å². The zero-order chi connectivity index (χ0) is 19.6. The molecule has 0 N–H and O–H groups in total. The Morgan fingerprint density at radius 3 is 1.59 bits per heavy atom. The van der Waals surface area contributed by atoms with E-state index in [2.05, 4.69) is 4.98 Å². The van der Waals surface area contributed by atoms with Crippen LogP contribution in [-0.4, -0.2) is 30.0 Å². The standard InChI is InChI=1S/C23H18ClN3O2/c24-17-11-18(22-26-20(13-28-22)15-7-3-1-4-8-15)25-19(12-17)23-27-21(14-29-23)16-9-5-2-6-10-16/h1-12,20-21H,13-14H2/t20-,21-/m1/s1. The van der Waals surface area contributed by atoms with E-state index in [1.807, 2.05) is 60.7 Å². The molecule has 144 valence electrons. The third-order valence-corrected chi connectivity index (χ3v) is 5.12. The van der Waals surface area contributed by atoms with Gasteiger partial charge in [-0.25, -0.2) is 15.0 Å². The number of ether oxygens (including phenoxy) is 2. The fourth-order valence-electron chi connectivity index (χ4n) is 3.44. The average Bonchev–Trinajstić information content (AvgIpc) is 3.45. The summed E-state index contributed by atoms with van der Waals surface area (Å²) in [6.07, 6.45) is 0. The van der Waals surface area contributed by atoms with Crippen LogP contribution in [0.4, 0.5) is 0 Å². The van der Waals surface area contributed by atoms with Gasteiger partial charge in [-0.3, -0.25) is 0 Å². The summed E-state index contributed by atoms with van der Waals surface area (Å²) in [5.74, 6) is 0.974. The predicted octanol–water partition coefficient (Wildman–Crippen LogP) is 4.77. The molecule has 3 aromatic rings. The summed E-state index contributed by atoms with van der Waals surface area (Å²) in [5, 5.41) is 0.536. The van der Waals surface area contributed by atoms with Gasteiger partial charge < -0.3 is 9.47 Å². The van der Waals surface area contributed by atoms with E-state index in [9.17, 15) is 0 Å². The predicted molar refractivity (Wildman–Crippen MR) is 113 cm³/mol. The summed E-state index contributed by atoms with van der Waals surface area (Å²) < 4.78 is 11.6. The third-order valence-electron chi connectivity index (χ3n) is 4.90. The molecule has 2 aromatic carbocycles. The molecule has 1 aromatic heterocycles. The molecule has 2 atom stereocenters. The van der Waals surface area contributed by atoms with Crippen LogP contribution in [0.1, 0.15) is 34.6 Å². The summed E-state index contributed by atoms with van der Waals surface area (Å²) in [5.41, 5.74) is 3.39. The largest absolute Gasteiger partial charge is 0.474 e. The number of hydrogen-bond acceptors (Lipinski definition) is 5. The van der Waals surface area contributed by atoms with Crippen molar-refractivity contribution in [1.29, 1.82) is 0 Å². The van der Waals surface area contributed by atoms with Crippen molar-refractivity contribution in [2.24, 2.45) is 9.98 Å². The summed E-state index contributed by atoms with van der Waals surface area (Å²) in [6, 6.07) is 23.6. The Hall–Kier alpha value is -3.18. The van der Waals surface area contributed by atoms with E-state index in [4.69, 9.17) is 31.1 Å². The lowest BCUT2D eigenvalue weighted by Gasteiger charge is -2.05. The molecule has 5 rings (SSSR count). The number of halogens is 1. The van der Waals surface area contributed by atoms with Crippen LogP contribution in [0.3, 0.4) is 0 Å². The molecular formula is C23H18ClN3O2. The fourth-order valence-corrected chi connectivity index (χ4v) is 3.64. The van der Waals surface area contributed by atoms with Crippen molar-refractivity contribution in [3.05, 3.63) is 100 Å². The Kier molecular flexibility index (Phi) is 4.74. The molecule has 5 nitrogen and oxygen atoms in total. The lowest BCUT2D eigenvalue weighted by atomic mass is 10.1. The monoisotopic (exact) mass is 403 g/mol. The Labute approximate surface area is 173 Å². The SMILES string of the molecule is Clc1cc(C2=N[C@@H](c3ccccc3)CO2)nc(C2=N[C@@H](c3ccccc3)CO2)c1. The second-order valence-electron chi connectivity index (χ2n) is 6.90. The Morgan fingerprint density at radius 1 is 0.690 bits per heavy atom. The number of pyridine rings is 1. The number of benzene rings is 2. The maximum atomic E-state index is 6.35. The summed E-state index contributed by atoms with van der Waals surface area (Å²) >= 11 is 6.35. The molecule has 0 amide bonds. The Morgan fingerprint density at radius 2 is 1.14 bits per heavy atom. The van der Waals surface area contributed by atoms with Gasteiger partial charge in [0.15, 0.2) is 0 Å². The molecule has 29 heavy (non-hydrogen) atoms. The van der Waals surface area contributed by atoms with E-state index in [0.717, 1.165) is 11.1 Å². The maximum absolute atomic E-state index is 6.35. The van der Waals surface area contributed by atoms with Crippen LogP contribution in [-0.2, 0) is 9.47 Å². The Balaban J connectivity index is 1.43. The first-order valence-corrected chi connectivity index (χ1v) is 9.83. The van der Waals surface area contributed by atoms with Crippen molar-refractivity contribution in [3.8, 4) is 0 Å². The van der Waals surface area contributed by atoms with Crippen molar-refractivity contribution < 1.29 is 9.47 Å². The highest BCUT2D eigenvalue weighted by Gasteiger charge is 2.26. The highest BCUT2D eigenvalue weighted by atomic mass is 35.5. The number of nitrogens with zero attached hydrogens (tertiary/aromatic N) is 3. The molecule has 2 aliphatic heterocycles. The van der Waals surface area contributed by atoms with Crippen LogP contribution < -0.4 is 0 Å². The van der Waals surface area contributed by atoms with Crippen molar-refractivity contribution in [1.82, 2.24) is 4.98 Å². The van der Waals surface area contributed by atoms with Gasteiger partial charge in [0.05, 0.1) is 0 Å². The van der Waals surface area contributed by atoms with Crippen molar-refractivity contribution in [2.75, 3.05) is 13.2 Å². The van der Waals surface area contributed by atoms with Gasteiger partial charge in [0.2, 0.25) is 11.8 Å². The van der Waals surface area contributed by atoms with Gasteiger partial charge in [0, 0.05) is 5.02 Å². The van der Waals surface area contributed by atoms with Gasteiger partial charge in [-0.1, -0.05) is 72.3 Å². The van der Waals surface area contributed by atoms with Crippen LogP contribution in [0.2, 0.25) is 5.02 Å². The molecule has 0 saturated carbocycles. The van der Waals surface area contributed by atoms with Gasteiger partial charge >= 0.3 is 0 Å². The number of aromatic nitrogens is 1. The first-order valence-electron chi connectivity index (χ1n) is 9.46. The fraction of sp³-hybridized carbons (Fsp3) is 0.174. The zero-order valence-corrected chi connectivity index (χ0v) is 16.3. The van der Waals surface area contributed by atoms with E-state index >= 15 is 0 Å². The third kappa shape index (κ3) is 3.74. The molecule has 2 aliphatic rings. The number of aliphatic imine (C=N–C) groups is 2. The molecule has 0 saturated heterocycles. The summed E-state index contributed by atoms with van der Waals surface area (Å²) in [7, 11) is 0. The van der Waals surface area contributed by atoms with E-state index in [0.29, 0.717) is 41.4 Å². The quantitative estimate of drug-likeness (QED) is 0.630. The van der Waals surface area contributed by atoms with Gasteiger partial charge in [-0.15, -0.1) is 0 Å². The van der Waals surface area contributed by atoms with Crippen LogP contribution in [0.25, 0.3) is 0 Å². The normalized spacial score (nSPS) is 20.6. The van der Waals surface area contributed by atoms with Gasteiger partial charge in [0.25, 0.3) is 0 Å². The molecule has 0 bridgehead atoms. The van der Waals surface area contributed by atoms with Gasteiger partial charge in [0.1, 0.15) is 36.7 Å². The number of hydrogen-bond donors (Lipinski definition) is 0. The topological polar surface area (TPSA) is 56.1 Å². The molecule has 3 heterocycles. The van der Waals surface area contributed by atoms with E-state index in [-0.39, 0.29) is 12.1 Å². The van der Waals surface area contributed by atoms with E-state index < -0.39 is 0 Å². The molecule has 0 fully saturated rings. The van der Waals surface area contributed by atoms with Crippen LogP contribution in [0, 0.1) is 0 Å². The van der Waals surface area contributed by atoms with Crippen molar-refractivity contribution in [3.63, 3.8) is 0 Å². The first-order chi connectivity index (χ1) is 14.3. The van der Waals surface area contributed by atoms with Crippen molar-refractivity contribution >= 4 is 23.4 Å². The molecule has 0 spiro atoms.